The van der Waals surface area contributed by atoms with Gasteiger partial charge in [-0.2, -0.15) is 0 Å². The second-order valence-corrected chi connectivity index (χ2v) is 10.9. The van der Waals surface area contributed by atoms with Crippen molar-refractivity contribution in [1.29, 1.82) is 0 Å². The number of benzene rings is 1. The molecule has 176 valence electrons. The maximum atomic E-state index is 13.6. The van der Waals surface area contributed by atoms with Crippen LogP contribution in [-0.4, -0.2) is 34.6 Å². The van der Waals surface area contributed by atoms with Crippen molar-refractivity contribution in [3.05, 3.63) is 35.9 Å². The van der Waals surface area contributed by atoms with E-state index in [2.05, 4.69) is 0 Å². The predicted molar refractivity (Wildman–Crippen MR) is 124 cm³/mol. The normalized spacial score (nSPS) is 28.8. The van der Waals surface area contributed by atoms with Gasteiger partial charge in [0.15, 0.2) is 0 Å². The van der Waals surface area contributed by atoms with Crippen molar-refractivity contribution in [3.8, 4) is 0 Å². The molecular weight excluding hydrogens is 402 g/mol. The van der Waals surface area contributed by atoms with Gasteiger partial charge in [-0.05, 0) is 56.9 Å². The van der Waals surface area contributed by atoms with Crippen LogP contribution < -0.4 is 0 Å². The van der Waals surface area contributed by atoms with E-state index in [1.165, 1.54) is 25.7 Å². The van der Waals surface area contributed by atoms with Crippen molar-refractivity contribution in [1.82, 2.24) is 4.90 Å². The lowest BCUT2D eigenvalue weighted by atomic mass is 9.68. The maximum Gasteiger partial charge on any atom is 0.411 e. The third kappa shape index (κ3) is 5.13. The summed E-state index contributed by atoms with van der Waals surface area (Å²) in [5, 5.41) is 0. The molecule has 0 bridgehead atoms. The van der Waals surface area contributed by atoms with Crippen LogP contribution in [0.3, 0.4) is 0 Å². The van der Waals surface area contributed by atoms with E-state index in [0.29, 0.717) is 11.8 Å². The summed E-state index contributed by atoms with van der Waals surface area (Å²) in [4.78, 5) is 28.9. The highest BCUT2D eigenvalue weighted by Crippen LogP contribution is 2.50. The highest BCUT2D eigenvalue weighted by molar-refractivity contribution is 5.83. The molecule has 2 aliphatic carbocycles. The first-order valence-electron chi connectivity index (χ1n) is 12.6. The van der Waals surface area contributed by atoms with Crippen LogP contribution in [0.4, 0.5) is 4.79 Å². The Balaban J connectivity index is 1.62. The average Bonchev–Trinajstić information content (AvgIpc) is 3.13. The Hall–Kier alpha value is -2.04. The molecule has 1 aromatic carbocycles. The van der Waals surface area contributed by atoms with Gasteiger partial charge in [-0.3, -0.25) is 4.90 Å². The molecule has 0 aromatic heterocycles. The zero-order valence-corrected chi connectivity index (χ0v) is 19.9. The van der Waals surface area contributed by atoms with E-state index >= 15 is 0 Å². The van der Waals surface area contributed by atoms with Crippen molar-refractivity contribution in [2.45, 2.75) is 103 Å². The smallest absolute Gasteiger partial charge is 0.411 e. The zero-order chi connectivity index (χ0) is 22.7. The second kappa shape index (κ2) is 9.84. The SMILES string of the molecule is CC(C)(C)OC(=O)[C@@H]1[C@@H](C2CCCCC2)C2CCCCC2N1C(=O)OCc1ccccc1. The van der Waals surface area contributed by atoms with E-state index in [9.17, 15) is 9.59 Å². The highest BCUT2D eigenvalue weighted by atomic mass is 16.6. The lowest BCUT2D eigenvalue weighted by Gasteiger charge is -2.36. The molecule has 32 heavy (non-hydrogen) atoms. The van der Waals surface area contributed by atoms with E-state index in [1.54, 1.807) is 4.90 Å². The Morgan fingerprint density at radius 2 is 1.59 bits per heavy atom. The quantitative estimate of drug-likeness (QED) is 0.530. The van der Waals surface area contributed by atoms with Gasteiger partial charge in [0.05, 0.1) is 0 Å². The minimum Gasteiger partial charge on any atom is -0.458 e. The van der Waals surface area contributed by atoms with E-state index in [0.717, 1.165) is 37.7 Å². The summed E-state index contributed by atoms with van der Waals surface area (Å²) < 4.78 is 11.7. The summed E-state index contributed by atoms with van der Waals surface area (Å²) in [5.41, 5.74) is 0.375. The fourth-order valence-electron chi connectivity index (χ4n) is 6.36. The number of nitrogens with zero attached hydrogens (tertiary/aromatic N) is 1. The molecule has 2 saturated carbocycles. The Bertz CT molecular complexity index is 781. The lowest BCUT2D eigenvalue weighted by Crippen LogP contribution is -2.50. The Kier molecular flexibility index (Phi) is 7.11. The van der Waals surface area contributed by atoms with Crippen LogP contribution in [0.5, 0.6) is 0 Å². The van der Waals surface area contributed by atoms with Gasteiger partial charge < -0.3 is 9.47 Å². The molecular formula is C27H39NO4. The largest absolute Gasteiger partial charge is 0.458 e. The van der Waals surface area contributed by atoms with Crippen molar-refractivity contribution in [2.75, 3.05) is 0 Å². The highest BCUT2D eigenvalue weighted by Gasteiger charge is 2.57. The third-order valence-electron chi connectivity index (χ3n) is 7.56. The van der Waals surface area contributed by atoms with Crippen LogP contribution in [-0.2, 0) is 20.9 Å². The van der Waals surface area contributed by atoms with Gasteiger partial charge in [0.2, 0.25) is 0 Å². The van der Waals surface area contributed by atoms with Gasteiger partial charge in [-0.15, -0.1) is 0 Å². The summed E-state index contributed by atoms with van der Waals surface area (Å²) >= 11 is 0. The number of fused-ring (bicyclic) bond motifs is 1. The Morgan fingerprint density at radius 1 is 0.938 bits per heavy atom. The van der Waals surface area contributed by atoms with Gasteiger partial charge in [-0.1, -0.05) is 75.3 Å². The maximum absolute atomic E-state index is 13.6. The van der Waals surface area contributed by atoms with Crippen molar-refractivity contribution < 1.29 is 19.1 Å². The molecule has 3 fully saturated rings. The fourth-order valence-corrected chi connectivity index (χ4v) is 6.36. The molecule has 4 rings (SSSR count). The van der Waals surface area contributed by atoms with Gasteiger partial charge in [0, 0.05) is 6.04 Å². The predicted octanol–water partition coefficient (Wildman–Crippen LogP) is 6.10. The molecule has 0 radical (unpaired) electrons. The van der Waals surface area contributed by atoms with Gasteiger partial charge in [0.1, 0.15) is 18.2 Å². The number of hydrogen-bond acceptors (Lipinski definition) is 4. The minimum absolute atomic E-state index is 0.0801. The summed E-state index contributed by atoms with van der Waals surface area (Å²) in [5.74, 6) is 0.784. The first-order chi connectivity index (χ1) is 15.3. The van der Waals surface area contributed by atoms with Crippen LogP contribution in [0.2, 0.25) is 0 Å². The first kappa shape index (κ1) is 23.1. The number of amides is 1. The molecule has 1 aliphatic heterocycles. The summed E-state index contributed by atoms with van der Waals surface area (Å²) in [6.07, 6.45) is 9.98. The Labute approximate surface area is 192 Å². The third-order valence-corrected chi connectivity index (χ3v) is 7.56. The molecule has 0 spiro atoms. The molecule has 0 N–H and O–H groups in total. The van der Waals surface area contributed by atoms with Crippen LogP contribution in [0.15, 0.2) is 30.3 Å². The molecule has 5 nitrogen and oxygen atoms in total. The van der Waals surface area contributed by atoms with Gasteiger partial charge in [-0.25, -0.2) is 9.59 Å². The summed E-state index contributed by atoms with van der Waals surface area (Å²) in [6.45, 7) is 5.93. The number of rotatable bonds is 4. The molecule has 1 aromatic rings. The summed E-state index contributed by atoms with van der Waals surface area (Å²) in [6, 6.07) is 9.29. The first-order valence-corrected chi connectivity index (χ1v) is 12.6. The van der Waals surface area contributed by atoms with E-state index in [-0.39, 0.29) is 30.6 Å². The number of esters is 1. The zero-order valence-electron chi connectivity index (χ0n) is 19.9. The van der Waals surface area contributed by atoms with Crippen LogP contribution in [0, 0.1) is 17.8 Å². The number of carbonyl (C=O) groups is 2. The van der Waals surface area contributed by atoms with Crippen molar-refractivity contribution >= 4 is 12.1 Å². The number of ether oxygens (including phenoxy) is 2. The standard InChI is InChI=1S/C27H39NO4/c1-27(2,3)32-25(29)24-23(20-14-8-5-9-15-20)21-16-10-11-17-22(21)28(24)26(30)31-18-19-12-6-4-7-13-19/h4,6-7,12-13,20-24H,5,8-11,14-18H2,1-3H3/t21?,22?,23-,24-/m0/s1. The van der Waals surface area contributed by atoms with Crippen LogP contribution in [0.25, 0.3) is 0 Å². The molecule has 2 unspecified atom stereocenters. The number of carbonyl (C=O) groups excluding carboxylic acids is 2. The number of likely N-dealkylation sites (tertiary alicyclic amines) is 1. The van der Waals surface area contributed by atoms with Gasteiger partial charge >= 0.3 is 12.1 Å². The molecule has 1 amide bonds. The minimum atomic E-state index is -0.582. The number of hydrogen-bond donors (Lipinski definition) is 0. The second-order valence-electron chi connectivity index (χ2n) is 10.9. The molecule has 1 heterocycles. The molecule has 1 saturated heterocycles. The van der Waals surface area contributed by atoms with Crippen molar-refractivity contribution in [2.24, 2.45) is 17.8 Å². The topological polar surface area (TPSA) is 55.8 Å². The average molecular weight is 442 g/mol. The van der Waals surface area contributed by atoms with Gasteiger partial charge in [0.25, 0.3) is 0 Å². The van der Waals surface area contributed by atoms with Crippen LogP contribution in [0.1, 0.15) is 84.1 Å². The molecule has 3 aliphatic rings. The van der Waals surface area contributed by atoms with E-state index in [1.807, 2.05) is 51.1 Å². The fraction of sp³-hybridized carbons (Fsp3) is 0.704. The van der Waals surface area contributed by atoms with E-state index in [4.69, 9.17) is 9.47 Å². The van der Waals surface area contributed by atoms with Crippen LogP contribution >= 0.6 is 0 Å². The van der Waals surface area contributed by atoms with E-state index < -0.39 is 11.6 Å². The van der Waals surface area contributed by atoms with Crippen molar-refractivity contribution in [3.63, 3.8) is 0 Å². The molecule has 4 atom stereocenters. The Morgan fingerprint density at radius 3 is 2.28 bits per heavy atom. The summed E-state index contributed by atoms with van der Waals surface area (Å²) in [7, 11) is 0. The lowest BCUT2D eigenvalue weighted by molar-refractivity contribution is -0.162. The monoisotopic (exact) mass is 441 g/mol. The molecule has 5 heteroatoms.